The molecule has 0 bridgehead atoms. The van der Waals surface area contributed by atoms with Gasteiger partial charge in [0.05, 0.1) is 24.1 Å². The van der Waals surface area contributed by atoms with Gasteiger partial charge in [0.2, 0.25) is 5.91 Å². The van der Waals surface area contributed by atoms with Gasteiger partial charge in [-0.3, -0.25) is 9.69 Å². The molecule has 6 heterocycles. The molecule has 0 saturated carbocycles. The van der Waals surface area contributed by atoms with Gasteiger partial charge in [-0.25, -0.2) is 19.9 Å². The first-order valence-electron chi connectivity index (χ1n) is 13.1. The molecule has 12 heteroatoms. The lowest BCUT2D eigenvalue weighted by Crippen LogP contribution is -2.49. The third-order valence-corrected chi connectivity index (χ3v) is 7.70. The number of hydrogen-bond acceptors (Lipinski definition) is 10. The first-order valence-corrected chi connectivity index (χ1v) is 14.0. The summed E-state index contributed by atoms with van der Waals surface area (Å²) in [5.41, 5.74) is 2.40. The van der Waals surface area contributed by atoms with Gasteiger partial charge in [-0.05, 0) is 19.1 Å². The second-order valence-corrected chi connectivity index (χ2v) is 10.2. The molecule has 2 fully saturated rings. The number of nitrogens with zero attached hydrogens (tertiary/aromatic N) is 7. The SMILES string of the molecule is CC.Cc1nc2ncc(-c3nc(N4CCOCC4)c4cc(CN5CCN(C(=O)CO)CC5)sc4n3)cc2[nH]1. The number of morpholine rings is 1. The number of rotatable bonds is 5. The number of carbonyl (C=O) groups is 1. The van der Waals surface area contributed by atoms with Crippen molar-refractivity contribution in [2.45, 2.75) is 27.3 Å². The lowest BCUT2D eigenvalue weighted by molar-refractivity contribution is -0.135. The maximum atomic E-state index is 11.8. The molecular weight excluding hydrogens is 504 g/mol. The smallest absolute Gasteiger partial charge is 0.248 e. The van der Waals surface area contributed by atoms with E-state index in [0.717, 1.165) is 65.7 Å². The number of aliphatic hydroxyl groups is 1. The number of aliphatic hydroxyl groups excluding tert-OH is 1. The van der Waals surface area contributed by atoms with Crippen LogP contribution in [0.2, 0.25) is 0 Å². The van der Waals surface area contributed by atoms with Crippen molar-refractivity contribution in [3.05, 3.63) is 29.0 Å². The summed E-state index contributed by atoms with van der Waals surface area (Å²) in [5, 5.41) is 10.2. The van der Waals surface area contributed by atoms with Gasteiger partial charge in [-0.1, -0.05) is 13.8 Å². The lowest BCUT2D eigenvalue weighted by Gasteiger charge is -2.34. The van der Waals surface area contributed by atoms with Crippen LogP contribution in [0, 0.1) is 6.92 Å². The molecule has 0 atom stereocenters. The highest BCUT2D eigenvalue weighted by Crippen LogP contribution is 2.34. The predicted molar refractivity (Wildman–Crippen MR) is 148 cm³/mol. The molecule has 0 unspecified atom stereocenters. The van der Waals surface area contributed by atoms with Crippen LogP contribution in [0.4, 0.5) is 5.82 Å². The van der Waals surface area contributed by atoms with Crippen LogP contribution >= 0.6 is 11.3 Å². The summed E-state index contributed by atoms with van der Waals surface area (Å²) in [6, 6.07) is 4.22. The molecule has 202 valence electrons. The molecular formula is C26H34N8O3S. The van der Waals surface area contributed by atoms with E-state index in [2.05, 4.69) is 30.8 Å². The number of thiophene rings is 1. The summed E-state index contributed by atoms with van der Waals surface area (Å²) in [4.78, 5) is 42.4. The minimum Gasteiger partial charge on any atom is -0.387 e. The van der Waals surface area contributed by atoms with Crippen LogP contribution in [0.5, 0.6) is 0 Å². The average molecular weight is 539 g/mol. The molecule has 38 heavy (non-hydrogen) atoms. The van der Waals surface area contributed by atoms with Crippen LogP contribution in [0.3, 0.4) is 0 Å². The van der Waals surface area contributed by atoms with E-state index in [0.29, 0.717) is 37.8 Å². The van der Waals surface area contributed by atoms with E-state index < -0.39 is 6.61 Å². The summed E-state index contributed by atoms with van der Waals surface area (Å²) in [6.45, 7) is 12.0. The number of nitrogens with one attached hydrogen (secondary N) is 1. The van der Waals surface area contributed by atoms with E-state index in [1.165, 1.54) is 4.88 Å². The number of anilines is 1. The molecule has 0 aliphatic carbocycles. The Labute approximate surface area is 225 Å². The van der Waals surface area contributed by atoms with Crippen molar-refractivity contribution in [1.82, 2.24) is 34.7 Å². The van der Waals surface area contributed by atoms with Crippen LogP contribution in [-0.2, 0) is 16.1 Å². The first kappa shape index (κ1) is 26.4. The molecule has 2 aliphatic heterocycles. The summed E-state index contributed by atoms with van der Waals surface area (Å²) >= 11 is 1.69. The van der Waals surface area contributed by atoms with Crippen molar-refractivity contribution in [3.8, 4) is 11.4 Å². The fourth-order valence-corrected chi connectivity index (χ4v) is 5.86. The molecule has 1 amide bonds. The Morgan fingerprint density at radius 1 is 1.08 bits per heavy atom. The van der Waals surface area contributed by atoms with E-state index in [1.54, 1.807) is 22.4 Å². The number of piperazine rings is 1. The largest absolute Gasteiger partial charge is 0.387 e. The van der Waals surface area contributed by atoms with Crippen LogP contribution in [-0.4, -0.2) is 105 Å². The van der Waals surface area contributed by atoms with Crippen molar-refractivity contribution in [1.29, 1.82) is 0 Å². The van der Waals surface area contributed by atoms with Crippen LogP contribution in [0.25, 0.3) is 32.8 Å². The van der Waals surface area contributed by atoms with Crippen molar-refractivity contribution in [2.24, 2.45) is 0 Å². The number of aromatic nitrogens is 5. The molecule has 4 aromatic rings. The predicted octanol–water partition coefficient (Wildman–Crippen LogP) is 2.44. The zero-order valence-corrected chi connectivity index (χ0v) is 22.9. The Morgan fingerprint density at radius 3 is 2.58 bits per heavy atom. The fraction of sp³-hybridized carbons (Fsp3) is 0.500. The summed E-state index contributed by atoms with van der Waals surface area (Å²) in [6.07, 6.45) is 1.79. The summed E-state index contributed by atoms with van der Waals surface area (Å²) < 4.78 is 5.58. The number of fused-ring (bicyclic) bond motifs is 2. The van der Waals surface area contributed by atoms with Crippen LogP contribution in [0.15, 0.2) is 18.3 Å². The number of carbonyl (C=O) groups excluding carboxylic acids is 1. The Kier molecular flexibility index (Phi) is 8.12. The Bertz CT molecular complexity index is 1410. The van der Waals surface area contributed by atoms with Gasteiger partial charge in [-0.2, -0.15) is 0 Å². The van der Waals surface area contributed by atoms with Gasteiger partial charge < -0.3 is 24.6 Å². The molecule has 0 spiro atoms. The second kappa shape index (κ2) is 11.7. The zero-order valence-electron chi connectivity index (χ0n) is 22.1. The van der Waals surface area contributed by atoms with Gasteiger partial charge in [0.25, 0.3) is 0 Å². The Morgan fingerprint density at radius 2 is 1.84 bits per heavy atom. The Balaban J connectivity index is 0.00000144. The maximum Gasteiger partial charge on any atom is 0.248 e. The topological polar surface area (TPSA) is 124 Å². The van der Waals surface area contributed by atoms with Gasteiger partial charge in [-0.15, -0.1) is 11.3 Å². The maximum absolute atomic E-state index is 11.8. The van der Waals surface area contributed by atoms with Crippen molar-refractivity contribution in [2.75, 3.05) is 64.0 Å². The number of aryl methyl sites for hydroxylation is 1. The fourth-order valence-electron chi connectivity index (χ4n) is 4.80. The summed E-state index contributed by atoms with van der Waals surface area (Å²) in [5.74, 6) is 2.20. The summed E-state index contributed by atoms with van der Waals surface area (Å²) in [7, 11) is 0. The van der Waals surface area contributed by atoms with E-state index in [-0.39, 0.29) is 5.91 Å². The van der Waals surface area contributed by atoms with Crippen molar-refractivity contribution >= 4 is 44.4 Å². The van der Waals surface area contributed by atoms with Gasteiger partial charge in [0, 0.05) is 62.5 Å². The number of hydrogen-bond donors (Lipinski definition) is 2. The number of aromatic amines is 1. The molecule has 11 nitrogen and oxygen atoms in total. The highest BCUT2D eigenvalue weighted by molar-refractivity contribution is 7.18. The van der Waals surface area contributed by atoms with Gasteiger partial charge in [0.15, 0.2) is 11.5 Å². The highest BCUT2D eigenvalue weighted by atomic mass is 32.1. The standard InChI is InChI=1S/C24H28N8O3S.C2H6/c1-15-26-19-10-16(12-25-22(19)27-15)21-28-23(32-6-8-35-9-7-32)18-11-17(36-24(18)29-21)13-30-2-4-31(5-3-30)20(34)14-33;1-2/h10-12,33H,2-9,13-14H2,1H3,(H,25,26,27);1-2H3. The molecule has 0 radical (unpaired) electrons. The second-order valence-electron chi connectivity index (χ2n) is 9.13. The minimum absolute atomic E-state index is 0.201. The number of H-pyrrole nitrogens is 1. The average Bonchev–Trinajstić information content (AvgIpc) is 3.55. The van der Waals surface area contributed by atoms with E-state index in [1.807, 2.05) is 26.8 Å². The molecule has 2 saturated heterocycles. The molecule has 6 rings (SSSR count). The molecule has 0 aromatic carbocycles. The van der Waals surface area contributed by atoms with Crippen LogP contribution in [0.1, 0.15) is 24.5 Å². The van der Waals surface area contributed by atoms with Crippen molar-refractivity contribution < 1.29 is 14.6 Å². The number of imidazole rings is 1. The quantitative estimate of drug-likeness (QED) is 0.394. The third-order valence-electron chi connectivity index (χ3n) is 6.69. The van der Waals surface area contributed by atoms with Crippen molar-refractivity contribution in [3.63, 3.8) is 0 Å². The monoisotopic (exact) mass is 538 g/mol. The third kappa shape index (κ3) is 5.48. The first-order chi connectivity index (χ1) is 18.6. The van der Waals surface area contributed by atoms with E-state index >= 15 is 0 Å². The minimum atomic E-state index is -0.427. The molecule has 4 aromatic heterocycles. The zero-order chi connectivity index (χ0) is 26.6. The normalized spacial score (nSPS) is 16.6. The van der Waals surface area contributed by atoms with E-state index in [9.17, 15) is 4.79 Å². The number of ether oxygens (including phenoxy) is 1. The highest BCUT2D eigenvalue weighted by Gasteiger charge is 2.23. The van der Waals surface area contributed by atoms with E-state index in [4.69, 9.17) is 19.8 Å². The van der Waals surface area contributed by atoms with Crippen LogP contribution < -0.4 is 4.90 Å². The Hall–Kier alpha value is -3.19. The lowest BCUT2D eigenvalue weighted by atomic mass is 10.2. The van der Waals surface area contributed by atoms with Gasteiger partial charge >= 0.3 is 0 Å². The molecule has 2 aliphatic rings. The molecule has 2 N–H and O–H groups in total. The number of pyridine rings is 1. The van der Waals surface area contributed by atoms with Gasteiger partial charge in [0.1, 0.15) is 23.1 Å². The number of amides is 1.